The molecule has 9 heterocycles. The molecule has 7 fully saturated rings. The van der Waals surface area contributed by atoms with E-state index in [-0.39, 0.29) is 68.4 Å². The summed E-state index contributed by atoms with van der Waals surface area (Å²) < 4.78 is 17.2. The molecule has 4 unspecified atom stereocenters. The smallest absolute Gasteiger partial charge is 0.269 e. The number of rotatable bonds is 6. The minimum absolute atomic E-state index is 0.111. The molecule has 4 bridgehead atoms. The predicted octanol–water partition coefficient (Wildman–Crippen LogP) is 7.51. The van der Waals surface area contributed by atoms with Gasteiger partial charge >= 0.3 is 0 Å². The summed E-state index contributed by atoms with van der Waals surface area (Å²) in [7, 11) is 0. The van der Waals surface area contributed by atoms with Crippen molar-refractivity contribution in [3.63, 3.8) is 0 Å². The number of hydrogen-bond donors (Lipinski definition) is 0. The van der Waals surface area contributed by atoms with Crippen LogP contribution in [0.25, 0.3) is 0 Å². The Balaban J connectivity index is 0.927. The highest BCUT2D eigenvalue weighted by molar-refractivity contribution is 5.72. The van der Waals surface area contributed by atoms with Crippen LogP contribution in [0.3, 0.4) is 0 Å². The van der Waals surface area contributed by atoms with E-state index in [1.807, 2.05) is 24.3 Å². The number of anilines is 2. The first-order valence-electron chi connectivity index (χ1n) is 23.8. The van der Waals surface area contributed by atoms with E-state index < -0.39 is 0 Å². The number of quaternary nitrogens is 2. The van der Waals surface area contributed by atoms with Gasteiger partial charge in [0.25, 0.3) is 11.4 Å². The van der Waals surface area contributed by atoms with Gasteiger partial charge in [0, 0.05) is 96.1 Å². The predicted molar refractivity (Wildman–Crippen MR) is 238 cm³/mol. The molecule has 14 atom stereocenters. The summed E-state index contributed by atoms with van der Waals surface area (Å²) in [4.78, 5) is 28.6. The number of non-ortho nitro benzene ring substituents is 2. The quantitative estimate of drug-likeness (QED) is 0.0849. The van der Waals surface area contributed by atoms with Gasteiger partial charge in [0.15, 0.2) is 0 Å². The molecule has 0 N–H and O–H groups in total. The molecule has 0 radical (unpaired) electrons. The lowest BCUT2D eigenvalue weighted by Crippen LogP contribution is -2.78. The van der Waals surface area contributed by atoms with Crippen molar-refractivity contribution in [1.82, 2.24) is 0 Å². The van der Waals surface area contributed by atoms with Crippen LogP contribution >= 0.6 is 0 Å². The van der Waals surface area contributed by atoms with Crippen molar-refractivity contribution < 1.29 is 28.3 Å². The van der Waals surface area contributed by atoms with Gasteiger partial charge < -0.3 is 28.2 Å². The van der Waals surface area contributed by atoms with Crippen LogP contribution in [-0.2, 0) is 33.4 Å². The van der Waals surface area contributed by atoms with Gasteiger partial charge in [-0.2, -0.15) is 0 Å². The van der Waals surface area contributed by atoms with Crippen molar-refractivity contribution in [2.45, 2.75) is 86.2 Å². The third-order valence-corrected chi connectivity index (χ3v) is 19.8. The van der Waals surface area contributed by atoms with Gasteiger partial charge in [0.05, 0.1) is 59.1 Å². The van der Waals surface area contributed by atoms with Gasteiger partial charge in [0.1, 0.15) is 50.7 Å². The number of hydrogen-bond acceptors (Lipinski definition) is 8. The largest absolute Gasteiger partial charge is 0.354 e. The van der Waals surface area contributed by atoms with E-state index in [2.05, 4.69) is 70.5 Å². The van der Waals surface area contributed by atoms with Gasteiger partial charge in [-0.05, 0) is 58.7 Å². The van der Waals surface area contributed by atoms with Crippen LogP contribution in [0.15, 0.2) is 120 Å². The van der Waals surface area contributed by atoms with Crippen LogP contribution in [0, 0.1) is 43.9 Å². The van der Waals surface area contributed by atoms with Crippen molar-refractivity contribution in [3.05, 3.63) is 163 Å². The zero-order chi connectivity index (χ0) is 42.5. The molecule has 64 heavy (non-hydrogen) atoms. The molecule has 0 amide bonds. The Morgan fingerprint density at radius 2 is 1.02 bits per heavy atom. The maximum atomic E-state index is 11.7. The highest BCUT2D eigenvalue weighted by Gasteiger charge is 2.81. The fourth-order valence-corrected chi connectivity index (χ4v) is 18.0. The number of fused-ring (bicyclic) bond motifs is 6. The Hall–Kier alpha value is -5.40. The van der Waals surface area contributed by atoms with Gasteiger partial charge in [-0.15, -0.1) is 0 Å². The van der Waals surface area contributed by atoms with Crippen LogP contribution in [0.5, 0.6) is 0 Å². The van der Waals surface area contributed by atoms with E-state index in [1.54, 1.807) is 35.4 Å². The highest BCUT2D eigenvalue weighted by Crippen LogP contribution is 2.73. The van der Waals surface area contributed by atoms with Crippen LogP contribution in [-0.4, -0.2) is 94.8 Å². The van der Waals surface area contributed by atoms with Gasteiger partial charge in [-0.25, -0.2) is 0 Å². The van der Waals surface area contributed by atoms with E-state index in [4.69, 9.17) is 9.47 Å². The first kappa shape index (κ1) is 36.9. The Labute approximate surface area is 371 Å². The maximum Gasteiger partial charge on any atom is 0.269 e. The SMILES string of the molecule is O=[N+]([O-])c1ccc(C[N+]23CCC45c6ccccc6N6[C@@H]7OCC=C8C[N+]9(Cc%10ccc([N+](=O)[O-])cc%10)CCC%10%11c%12ccccc%12N([C@@H]%12OCC=C(C2)[C@H](C[C@@H]43)[C@@H]%12[C@H]65)[C@H]%10[C@H]7[C@H]8C[C@@H]%119)cc1. The molecule has 9 aliphatic heterocycles. The van der Waals surface area contributed by atoms with Gasteiger partial charge in [-0.1, -0.05) is 48.6 Å². The van der Waals surface area contributed by atoms with Crippen LogP contribution in [0.1, 0.15) is 47.9 Å². The lowest BCUT2D eigenvalue weighted by atomic mass is 9.52. The summed E-state index contributed by atoms with van der Waals surface area (Å²) >= 11 is 0. The molecule has 5 saturated heterocycles. The number of benzene rings is 4. The molecule has 4 aromatic rings. The molecule has 12 heteroatoms. The molecule has 11 aliphatic rings. The number of piperidine rings is 2. The summed E-state index contributed by atoms with van der Waals surface area (Å²) in [5.74, 6) is 1.14. The minimum Gasteiger partial charge on any atom is -0.354 e. The van der Waals surface area contributed by atoms with Gasteiger partial charge in [0.2, 0.25) is 0 Å². The summed E-state index contributed by atoms with van der Waals surface area (Å²) in [5, 5.41) is 23.4. The topological polar surface area (TPSA) is 111 Å². The normalized spacial score (nSPS) is 41.4. The number of nitro benzene ring substituents is 2. The van der Waals surface area contributed by atoms with Crippen LogP contribution in [0.2, 0.25) is 0 Å². The molecule has 0 aromatic heterocycles. The van der Waals surface area contributed by atoms with Crippen molar-refractivity contribution >= 4 is 22.7 Å². The Kier molecular flexibility index (Phi) is 7.08. The standard InChI is InChI=1S/C52H52N6O6/c59-55(60)35-13-9-31(10-14-35)27-57-21-19-51-39-5-1-3-7-41(39)53-47(51)45-37(25-43(51)57)33(29-57)18-24-64-50(45)54-42-8-4-2-6-40(42)52-20-22-58(28-32-11-15-36(16-12-32)56(61)62)30-34-17-23-63-49(53)46(48(52)54)38(34)26-44(52)58/h1-18,37-38,43-50H,19-30H2/q+2/t37-,38-,43-,44-,45+,46+,47-,48-,49+,50+,51?,52?,57?,58?/m0/s1. The molecule has 324 valence electrons. The summed E-state index contributed by atoms with van der Waals surface area (Å²) in [6, 6.07) is 34.8. The monoisotopic (exact) mass is 856 g/mol. The molecular weight excluding hydrogens is 805 g/mol. The summed E-state index contributed by atoms with van der Waals surface area (Å²) in [6.45, 7) is 7.01. The number of nitro groups is 2. The second-order valence-electron chi connectivity index (χ2n) is 21.6. The third-order valence-electron chi connectivity index (χ3n) is 19.8. The van der Waals surface area contributed by atoms with E-state index in [9.17, 15) is 20.2 Å². The Morgan fingerprint density at radius 1 is 0.594 bits per heavy atom. The lowest BCUT2D eigenvalue weighted by Gasteiger charge is -2.65. The van der Waals surface area contributed by atoms with Crippen molar-refractivity contribution in [2.75, 3.05) is 49.2 Å². The second-order valence-corrected chi connectivity index (χ2v) is 21.6. The van der Waals surface area contributed by atoms with Gasteiger partial charge in [-0.3, -0.25) is 20.2 Å². The van der Waals surface area contributed by atoms with Crippen LogP contribution in [0.4, 0.5) is 22.7 Å². The Bertz CT molecular complexity index is 2610. The minimum atomic E-state index is -0.289. The molecular formula is C52H52N6O6+2. The molecule has 12 nitrogen and oxygen atoms in total. The van der Waals surface area contributed by atoms with E-state index in [1.165, 1.54) is 33.6 Å². The first-order valence-corrected chi connectivity index (χ1v) is 23.8. The second kappa shape index (κ2) is 12.3. The molecule has 2 aliphatic carbocycles. The highest BCUT2D eigenvalue weighted by atomic mass is 16.6. The van der Waals surface area contributed by atoms with Crippen molar-refractivity contribution in [2.24, 2.45) is 23.7 Å². The average molecular weight is 857 g/mol. The van der Waals surface area contributed by atoms with E-state index in [0.29, 0.717) is 37.1 Å². The summed E-state index contributed by atoms with van der Waals surface area (Å²) in [5.41, 5.74) is 11.2. The molecule has 2 spiro atoms. The first-order chi connectivity index (χ1) is 31.2. The number of para-hydroxylation sites is 2. The zero-order valence-electron chi connectivity index (χ0n) is 35.8. The molecule has 2 saturated carbocycles. The van der Waals surface area contributed by atoms with E-state index >= 15 is 0 Å². The zero-order valence-corrected chi connectivity index (χ0v) is 35.8. The summed E-state index contributed by atoms with van der Waals surface area (Å²) in [6.07, 6.45) is 9.10. The van der Waals surface area contributed by atoms with Crippen molar-refractivity contribution in [3.8, 4) is 0 Å². The van der Waals surface area contributed by atoms with Crippen molar-refractivity contribution in [1.29, 1.82) is 0 Å². The van der Waals surface area contributed by atoms with Crippen LogP contribution < -0.4 is 9.80 Å². The maximum absolute atomic E-state index is 11.7. The lowest BCUT2D eigenvalue weighted by molar-refractivity contribution is -0.955. The average Bonchev–Trinajstić information content (AvgIpc) is 3.92. The third kappa shape index (κ3) is 4.26. The number of ether oxygens (including phenoxy) is 2. The Morgan fingerprint density at radius 3 is 1.44 bits per heavy atom. The molecule has 4 aromatic carbocycles. The fraction of sp³-hybridized carbons (Fsp3) is 0.462. The number of nitrogens with zero attached hydrogens (tertiary/aromatic N) is 6. The fourth-order valence-electron chi connectivity index (χ4n) is 18.0. The van der Waals surface area contributed by atoms with E-state index in [0.717, 1.165) is 73.9 Å². The molecule has 15 rings (SSSR count).